The number of hydroxylamine groups is 2. The summed E-state index contributed by atoms with van der Waals surface area (Å²) in [7, 11) is -5.28. The number of aryl methyl sites for hydroxylation is 1. The minimum absolute atomic E-state index is 0.0382. The molecule has 2 aliphatic heterocycles. The number of rotatable bonds is 17. The average molecular weight is 754 g/mol. The second-order valence-electron chi connectivity index (χ2n) is 12.3. The predicted octanol–water partition coefficient (Wildman–Crippen LogP) is -1.11. The van der Waals surface area contributed by atoms with E-state index in [2.05, 4.69) is 25.1 Å². The third kappa shape index (κ3) is 8.77. The minimum Gasteiger partial charge on any atom is -0.724 e. The number of aliphatic carboxylic acids is 1. The number of thiazole rings is 1. The van der Waals surface area contributed by atoms with Crippen molar-refractivity contribution in [1.82, 2.24) is 25.4 Å². The number of carbonyl (C=O) groups is 3. The van der Waals surface area contributed by atoms with Gasteiger partial charge in [0.05, 0.1) is 23.8 Å². The van der Waals surface area contributed by atoms with Crippen LogP contribution in [0, 0.1) is 0 Å². The first-order chi connectivity index (χ1) is 24.0. The summed E-state index contributed by atoms with van der Waals surface area (Å²) in [6, 6.07) is 5.37. The lowest BCUT2D eigenvalue weighted by Crippen LogP contribution is -2.76. The summed E-state index contributed by atoms with van der Waals surface area (Å²) in [4.78, 5) is 47.0. The molecule has 2 atom stereocenters. The number of aromatic nitrogens is 3. The number of hydrogen-bond donors (Lipinski definition) is 5. The van der Waals surface area contributed by atoms with Crippen LogP contribution < -0.4 is 31.5 Å². The van der Waals surface area contributed by atoms with Crippen LogP contribution >= 0.6 is 11.3 Å². The van der Waals surface area contributed by atoms with Crippen LogP contribution in [0.4, 0.5) is 9.52 Å². The molecule has 3 aromatic rings. The number of benzene rings is 1. The maximum Gasteiger partial charge on any atom is 0.351 e. The molecule has 276 valence electrons. The van der Waals surface area contributed by atoms with Crippen molar-refractivity contribution in [3.8, 4) is 16.9 Å². The maximum atomic E-state index is 14.9. The van der Waals surface area contributed by atoms with Crippen LogP contribution in [0.15, 0.2) is 47.2 Å². The Labute approximate surface area is 294 Å². The number of alkyl halides is 1. The molecule has 0 spiro atoms. The van der Waals surface area contributed by atoms with Crippen molar-refractivity contribution in [3.63, 3.8) is 0 Å². The van der Waals surface area contributed by atoms with E-state index >= 15 is 0 Å². The van der Waals surface area contributed by atoms with Gasteiger partial charge in [0.1, 0.15) is 24.1 Å². The van der Waals surface area contributed by atoms with Gasteiger partial charge in [-0.15, -0.1) is 16.0 Å². The average Bonchev–Trinajstić information content (AvgIpc) is 3.67. The third-order valence-electron chi connectivity index (χ3n) is 8.06. The topological polar surface area (TPSA) is 270 Å². The van der Waals surface area contributed by atoms with Crippen molar-refractivity contribution in [2.24, 2.45) is 10.9 Å². The molecule has 2 amide bonds. The third-order valence-corrected chi connectivity index (χ3v) is 9.07. The first kappa shape index (κ1) is 37.5. The number of nitrogens with zero attached hydrogens (tertiary/aromatic N) is 5. The highest BCUT2D eigenvalue weighted by atomic mass is 32.3. The van der Waals surface area contributed by atoms with Gasteiger partial charge in [0, 0.05) is 18.5 Å². The Morgan fingerprint density at radius 2 is 2.00 bits per heavy atom. The lowest BCUT2D eigenvalue weighted by atomic mass is 9.84. The summed E-state index contributed by atoms with van der Waals surface area (Å²) in [5.41, 5.74) is 9.53. The molecule has 0 saturated carbocycles. The number of carboxylic acids is 1. The Bertz CT molecular complexity index is 1910. The number of nitrogens with one attached hydrogen (secondary N) is 2. The summed E-state index contributed by atoms with van der Waals surface area (Å²) < 4.78 is 61.5. The number of hydrogen-bond acceptors (Lipinski definition) is 15. The Morgan fingerprint density at radius 1 is 1.29 bits per heavy atom. The Hall–Kier alpha value is -4.74. The molecule has 7 N–H and O–H groups in total. The van der Waals surface area contributed by atoms with E-state index < -0.39 is 63.9 Å². The van der Waals surface area contributed by atoms with Crippen LogP contribution in [0.2, 0.25) is 0 Å². The standard InChI is InChI=1S/C29H36FN9O10S2/c1-28(2)23(25(41)39(28)49-51(44,45)46)35-24(40)22(20-13-50-27(32)34-20)36-48-21(26(42)43)12-47-19-6-4-17(5-7-19)18-10-37(9-3-8-31)38(11-18)16-29(30)14-33-15-29/h4-7,10-11,13,21,23,33H,3,8-9,12,14-16,31H2,1-2H3,(H4-,32,34,35,40,42,43,44,45,46)/b36-22-/t21-,23+/m0/s1. The van der Waals surface area contributed by atoms with E-state index in [1.54, 1.807) is 24.3 Å². The number of anilines is 1. The van der Waals surface area contributed by atoms with Gasteiger partial charge < -0.3 is 41.3 Å². The van der Waals surface area contributed by atoms with Crippen molar-refractivity contribution in [2.75, 3.05) is 32.0 Å². The molecular formula is C29H36FN9O10S2. The van der Waals surface area contributed by atoms with E-state index in [4.69, 9.17) is 21.0 Å². The maximum absolute atomic E-state index is 14.9. The van der Waals surface area contributed by atoms with Gasteiger partial charge in [0.2, 0.25) is 23.1 Å². The lowest BCUT2D eigenvalue weighted by Gasteiger charge is -2.51. The lowest BCUT2D eigenvalue weighted by molar-refractivity contribution is -0.784. The molecule has 22 heteroatoms. The molecule has 1 aromatic carbocycles. The highest BCUT2D eigenvalue weighted by molar-refractivity contribution is 7.80. The minimum atomic E-state index is -5.28. The molecule has 0 bridgehead atoms. The normalized spacial score (nSPS) is 18.8. The molecule has 2 aromatic heterocycles. The van der Waals surface area contributed by atoms with E-state index in [1.807, 2.05) is 21.8 Å². The van der Waals surface area contributed by atoms with E-state index in [1.165, 1.54) is 19.2 Å². The number of oxime groups is 1. The molecular weight excluding hydrogens is 718 g/mol. The van der Waals surface area contributed by atoms with Crippen molar-refractivity contribution >= 4 is 50.4 Å². The fourth-order valence-corrected chi connectivity index (χ4v) is 6.22. The van der Waals surface area contributed by atoms with Gasteiger partial charge in [-0.3, -0.25) is 9.59 Å². The highest BCUT2D eigenvalue weighted by Crippen LogP contribution is 2.33. The molecule has 19 nitrogen and oxygen atoms in total. The molecule has 5 rings (SSSR count). The largest absolute Gasteiger partial charge is 0.724 e. The molecule has 0 unspecified atom stereocenters. The molecule has 51 heavy (non-hydrogen) atoms. The quantitative estimate of drug-likeness (QED) is 0.0273. The van der Waals surface area contributed by atoms with Gasteiger partial charge in [-0.2, -0.15) is 14.0 Å². The molecule has 4 heterocycles. The number of nitrogens with two attached hydrogens (primary N) is 2. The first-order valence-corrected chi connectivity index (χ1v) is 17.6. The van der Waals surface area contributed by atoms with Crippen molar-refractivity contribution in [3.05, 3.63) is 47.7 Å². The van der Waals surface area contributed by atoms with Gasteiger partial charge in [-0.1, -0.05) is 17.3 Å². The zero-order valence-electron chi connectivity index (χ0n) is 27.4. The van der Waals surface area contributed by atoms with E-state index in [-0.39, 0.29) is 30.5 Å². The number of halogens is 1. The zero-order chi connectivity index (χ0) is 37.1. The van der Waals surface area contributed by atoms with Crippen LogP contribution in [0.1, 0.15) is 26.0 Å². The summed E-state index contributed by atoms with van der Waals surface area (Å²) in [5, 5.41) is 20.5. The van der Waals surface area contributed by atoms with Crippen molar-refractivity contribution < 1.29 is 55.4 Å². The van der Waals surface area contributed by atoms with Crippen molar-refractivity contribution in [2.45, 2.75) is 56.7 Å². The van der Waals surface area contributed by atoms with Gasteiger partial charge in [0.25, 0.3) is 17.9 Å². The van der Waals surface area contributed by atoms with Crippen LogP contribution in [0.3, 0.4) is 0 Å². The summed E-state index contributed by atoms with van der Waals surface area (Å²) in [5.74, 6) is -3.29. The molecule has 0 aliphatic carbocycles. The van der Waals surface area contributed by atoms with Gasteiger partial charge >= 0.3 is 5.97 Å². The second kappa shape index (κ2) is 14.9. The summed E-state index contributed by atoms with van der Waals surface area (Å²) in [6.45, 7) is 3.94. The smallest absolute Gasteiger partial charge is 0.351 e. The highest BCUT2D eigenvalue weighted by Gasteiger charge is 2.57. The number of amides is 2. The Morgan fingerprint density at radius 3 is 2.55 bits per heavy atom. The second-order valence-corrected chi connectivity index (χ2v) is 14.2. The van der Waals surface area contributed by atoms with Crippen LogP contribution in [-0.4, -0.2) is 106 Å². The van der Waals surface area contributed by atoms with Gasteiger partial charge in [-0.05, 0) is 44.5 Å². The fraction of sp³-hybridized carbons (Fsp3) is 0.448. The Kier molecular flexibility index (Phi) is 10.9. The number of carbonyl (C=O) groups excluding carboxylic acids is 2. The van der Waals surface area contributed by atoms with Crippen LogP contribution in [-0.2, 0) is 47.0 Å². The number of nitrogen functional groups attached to an aromatic ring is 1. The number of β-lactam (4-membered cyclic amide) rings is 1. The van der Waals surface area contributed by atoms with E-state index in [9.17, 15) is 36.9 Å². The van der Waals surface area contributed by atoms with E-state index in [0.717, 1.165) is 22.5 Å². The molecule has 2 aliphatic rings. The predicted molar refractivity (Wildman–Crippen MR) is 175 cm³/mol. The van der Waals surface area contributed by atoms with Crippen molar-refractivity contribution in [1.29, 1.82) is 0 Å². The monoisotopic (exact) mass is 753 g/mol. The van der Waals surface area contributed by atoms with Crippen LogP contribution in [0.25, 0.3) is 11.1 Å². The zero-order valence-corrected chi connectivity index (χ0v) is 29.0. The number of ether oxygens (including phenoxy) is 1. The Balaban J connectivity index is 1.26. The fourth-order valence-electron chi connectivity index (χ4n) is 5.23. The van der Waals surface area contributed by atoms with Gasteiger partial charge in [0.15, 0.2) is 16.5 Å². The molecule has 2 fully saturated rings. The summed E-state index contributed by atoms with van der Waals surface area (Å²) in [6.07, 6.45) is 2.74. The van der Waals surface area contributed by atoms with Crippen LogP contribution in [0.5, 0.6) is 5.75 Å². The van der Waals surface area contributed by atoms with Gasteiger partial charge in [-0.25, -0.2) is 22.6 Å². The molecule has 2 saturated heterocycles. The first-order valence-electron chi connectivity index (χ1n) is 15.4. The van der Waals surface area contributed by atoms with E-state index in [0.29, 0.717) is 30.3 Å². The molecule has 0 radical (unpaired) electrons. The number of carboxylic acid groups (broad SMARTS) is 1. The SMILES string of the molecule is CC1(C)[C@H](NC(=O)/C(=N\O[C@@H](COc2ccc(-c3cn(CCCN)[n+](CC4(F)CNC4)c3)cc2)C(=O)O)c2csc(N)n2)C(=O)N1OS(=O)(=O)[O-]. The summed E-state index contributed by atoms with van der Waals surface area (Å²) >= 11 is 0.940.